The van der Waals surface area contributed by atoms with Crippen molar-refractivity contribution in [2.24, 2.45) is 5.41 Å². The average molecular weight is 163 g/mol. The highest BCUT2D eigenvalue weighted by Crippen LogP contribution is 2.44. The molecule has 4 heteroatoms. The standard InChI is InChI=1S/C6H13NO2S/c1-6(2)4-5(6)7-10(3,8)9/h5,7H,4H2,1-3H3. The molecule has 0 bridgehead atoms. The number of rotatable bonds is 2. The molecule has 0 spiro atoms. The SMILES string of the molecule is CC1(C)CC1NS(C)(=O)=O. The van der Waals surface area contributed by atoms with E-state index < -0.39 is 10.0 Å². The molecular weight excluding hydrogens is 150 g/mol. The Labute approximate surface area is 61.9 Å². The van der Waals surface area contributed by atoms with Gasteiger partial charge in [0.1, 0.15) is 0 Å². The first-order chi connectivity index (χ1) is 4.31. The third kappa shape index (κ3) is 1.95. The molecule has 0 aromatic carbocycles. The topological polar surface area (TPSA) is 46.2 Å². The highest BCUT2D eigenvalue weighted by Gasteiger charge is 2.46. The van der Waals surface area contributed by atoms with Crippen molar-refractivity contribution in [2.75, 3.05) is 6.26 Å². The molecule has 0 aromatic rings. The van der Waals surface area contributed by atoms with Crippen LogP contribution in [0, 0.1) is 5.41 Å². The minimum atomic E-state index is -2.98. The Balaban J connectivity index is 2.46. The molecule has 3 nitrogen and oxygen atoms in total. The van der Waals surface area contributed by atoms with Gasteiger partial charge in [0.15, 0.2) is 0 Å². The van der Waals surface area contributed by atoms with E-state index in [0.29, 0.717) is 0 Å². The predicted molar refractivity (Wildman–Crippen MR) is 40.2 cm³/mol. The molecule has 10 heavy (non-hydrogen) atoms. The number of nitrogens with one attached hydrogen (secondary N) is 1. The van der Waals surface area contributed by atoms with Crippen LogP contribution < -0.4 is 4.72 Å². The van der Waals surface area contributed by atoms with Crippen molar-refractivity contribution in [3.05, 3.63) is 0 Å². The van der Waals surface area contributed by atoms with E-state index >= 15 is 0 Å². The van der Waals surface area contributed by atoms with Crippen LogP contribution in [0.25, 0.3) is 0 Å². The molecule has 60 valence electrons. The lowest BCUT2D eigenvalue weighted by molar-refractivity contribution is 0.559. The Kier molecular flexibility index (Phi) is 1.56. The molecule has 0 aliphatic heterocycles. The summed E-state index contributed by atoms with van der Waals surface area (Å²) in [5.41, 5.74) is 0.184. The lowest BCUT2D eigenvalue weighted by Crippen LogP contribution is -2.26. The van der Waals surface area contributed by atoms with Gasteiger partial charge in [0, 0.05) is 6.04 Å². The molecule has 1 rings (SSSR count). The lowest BCUT2D eigenvalue weighted by Gasteiger charge is -2.02. The molecule has 0 amide bonds. The van der Waals surface area contributed by atoms with Gasteiger partial charge in [-0.05, 0) is 11.8 Å². The first-order valence-electron chi connectivity index (χ1n) is 3.28. The van der Waals surface area contributed by atoms with Crippen LogP contribution in [0.3, 0.4) is 0 Å². The van der Waals surface area contributed by atoms with Crippen LogP contribution in [-0.2, 0) is 10.0 Å². The fourth-order valence-electron chi connectivity index (χ4n) is 0.927. The van der Waals surface area contributed by atoms with E-state index in [1.54, 1.807) is 0 Å². The van der Waals surface area contributed by atoms with Crippen LogP contribution in [0.4, 0.5) is 0 Å². The van der Waals surface area contributed by atoms with E-state index in [4.69, 9.17) is 0 Å². The molecular formula is C6H13NO2S. The minimum absolute atomic E-state index is 0.169. The van der Waals surface area contributed by atoms with E-state index in [-0.39, 0.29) is 11.5 Å². The maximum Gasteiger partial charge on any atom is 0.208 e. The van der Waals surface area contributed by atoms with Crippen molar-refractivity contribution in [2.45, 2.75) is 26.3 Å². The Hall–Kier alpha value is -0.0900. The molecule has 0 saturated heterocycles. The van der Waals surface area contributed by atoms with Crippen LogP contribution in [-0.4, -0.2) is 20.7 Å². The molecule has 1 unspecified atom stereocenters. The second-order valence-electron chi connectivity index (χ2n) is 3.64. The predicted octanol–water partition coefficient (Wildman–Crippen LogP) is 0.334. The van der Waals surface area contributed by atoms with Crippen molar-refractivity contribution in [3.63, 3.8) is 0 Å². The second kappa shape index (κ2) is 1.95. The summed E-state index contributed by atoms with van der Waals surface area (Å²) in [7, 11) is -2.98. The van der Waals surface area contributed by atoms with E-state index in [1.165, 1.54) is 6.26 Å². The van der Waals surface area contributed by atoms with Gasteiger partial charge in [0.25, 0.3) is 0 Å². The first kappa shape index (κ1) is 8.01. The molecule has 0 heterocycles. The van der Waals surface area contributed by atoms with Gasteiger partial charge in [0.05, 0.1) is 6.26 Å². The van der Waals surface area contributed by atoms with Gasteiger partial charge in [-0.2, -0.15) is 0 Å². The van der Waals surface area contributed by atoms with Crippen LogP contribution >= 0.6 is 0 Å². The number of hydrogen-bond donors (Lipinski definition) is 1. The van der Waals surface area contributed by atoms with Crippen molar-refractivity contribution in [1.29, 1.82) is 0 Å². The van der Waals surface area contributed by atoms with Crippen LogP contribution in [0.5, 0.6) is 0 Å². The van der Waals surface area contributed by atoms with Gasteiger partial charge < -0.3 is 0 Å². The molecule has 0 radical (unpaired) electrons. The maximum absolute atomic E-state index is 10.7. The first-order valence-corrected chi connectivity index (χ1v) is 5.18. The summed E-state index contributed by atoms with van der Waals surface area (Å²) in [5.74, 6) is 0. The largest absolute Gasteiger partial charge is 0.213 e. The summed E-state index contributed by atoms with van der Waals surface area (Å²) in [5, 5.41) is 0. The Morgan fingerprint density at radius 1 is 1.50 bits per heavy atom. The van der Waals surface area contributed by atoms with Crippen LogP contribution in [0.1, 0.15) is 20.3 Å². The number of hydrogen-bond acceptors (Lipinski definition) is 2. The average Bonchev–Trinajstić information content (AvgIpc) is 2.05. The van der Waals surface area contributed by atoms with Crippen LogP contribution in [0.2, 0.25) is 0 Å². The van der Waals surface area contributed by atoms with Crippen LogP contribution in [0.15, 0.2) is 0 Å². The maximum atomic E-state index is 10.7. The summed E-state index contributed by atoms with van der Waals surface area (Å²) in [4.78, 5) is 0. The van der Waals surface area contributed by atoms with E-state index in [0.717, 1.165) is 6.42 Å². The highest BCUT2D eigenvalue weighted by atomic mass is 32.2. The molecule has 0 aromatic heterocycles. The molecule has 1 aliphatic rings. The van der Waals surface area contributed by atoms with Crippen molar-refractivity contribution >= 4 is 10.0 Å². The van der Waals surface area contributed by atoms with Gasteiger partial charge in [-0.1, -0.05) is 13.8 Å². The summed E-state index contributed by atoms with van der Waals surface area (Å²) in [6.45, 7) is 4.10. The van der Waals surface area contributed by atoms with Gasteiger partial charge in [-0.15, -0.1) is 0 Å². The normalized spacial score (nSPS) is 30.1. The van der Waals surface area contributed by atoms with Gasteiger partial charge in [-0.3, -0.25) is 0 Å². The van der Waals surface area contributed by atoms with Crippen molar-refractivity contribution in [3.8, 4) is 0 Å². The second-order valence-corrected chi connectivity index (χ2v) is 5.42. The van der Waals surface area contributed by atoms with Crippen molar-refractivity contribution in [1.82, 2.24) is 4.72 Å². The fourth-order valence-corrected chi connectivity index (χ4v) is 1.85. The highest BCUT2D eigenvalue weighted by molar-refractivity contribution is 7.88. The summed E-state index contributed by atoms with van der Waals surface area (Å²) in [6.07, 6.45) is 2.15. The molecule has 1 fully saturated rings. The quantitative estimate of drug-likeness (QED) is 0.638. The smallest absolute Gasteiger partial charge is 0.208 e. The monoisotopic (exact) mass is 163 g/mol. The summed E-state index contributed by atoms with van der Waals surface area (Å²) < 4.78 is 23.9. The fraction of sp³-hybridized carbons (Fsp3) is 1.00. The van der Waals surface area contributed by atoms with E-state index in [1.807, 2.05) is 0 Å². The molecule has 1 N–H and O–H groups in total. The van der Waals surface area contributed by atoms with Gasteiger partial charge >= 0.3 is 0 Å². The summed E-state index contributed by atoms with van der Waals surface area (Å²) in [6, 6.07) is 0.169. The summed E-state index contributed by atoms with van der Waals surface area (Å²) >= 11 is 0. The molecule has 1 saturated carbocycles. The molecule has 1 atom stereocenters. The zero-order valence-electron chi connectivity index (χ0n) is 6.51. The minimum Gasteiger partial charge on any atom is -0.213 e. The molecule has 1 aliphatic carbocycles. The van der Waals surface area contributed by atoms with E-state index in [2.05, 4.69) is 18.6 Å². The third-order valence-corrected chi connectivity index (χ3v) is 2.58. The van der Waals surface area contributed by atoms with Crippen molar-refractivity contribution < 1.29 is 8.42 Å². The number of sulfonamides is 1. The zero-order valence-corrected chi connectivity index (χ0v) is 7.33. The lowest BCUT2D eigenvalue weighted by atomic mass is 10.2. The third-order valence-electron chi connectivity index (χ3n) is 1.87. The van der Waals surface area contributed by atoms with Gasteiger partial charge in [0.2, 0.25) is 10.0 Å². The Bertz CT molecular complexity index is 230. The Morgan fingerprint density at radius 3 is 2.00 bits per heavy atom. The Morgan fingerprint density at radius 2 is 1.90 bits per heavy atom. The van der Waals surface area contributed by atoms with Gasteiger partial charge in [-0.25, -0.2) is 13.1 Å². The zero-order chi connectivity index (χ0) is 7.99. The van der Waals surface area contributed by atoms with E-state index in [9.17, 15) is 8.42 Å².